The molecule has 11 nitrogen and oxygen atoms in total. The Hall–Kier alpha value is -6.04. The first kappa shape index (κ1) is 39.6. The lowest BCUT2D eigenvalue weighted by atomic mass is 10.0. The van der Waals surface area contributed by atoms with Crippen molar-refractivity contribution in [1.82, 2.24) is 34.8 Å². The van der Waals surface area contributed by atoms with Gasteiger partial charge in [-0.3, -0.25) is 19.2 Å². The van der Waals surface area contributed by atoms with Crippen LogP contribution >= 0.6 is 11.6 Å². The highest BCUT2D eigenvalue weighted by atomic mass is 35.5. The number of nitrogens with zero attached hydrogens (tertiary/aromatic N) is 5. The molecule has 1 atom stereocenters. The van der Waals surface area contributed by atoms with Crippen LogP contribution in [0.5, 0.6) is 0 Å². The molecule has 0 unspecified atom stereocenters. The number of carbonyl (C=O) groups excluding carboxylic acids is 3. The molecule has 56 heavy (non-hydrogen) atoms. The molecule has 2 aromatic heterocycles. The third-order valence-corrected chi connectivity index (χ3v) is 9.75. The third kappa shape index (κ3) is 9.60. The fraction of sp³-hybridized carbons (Fsp3) is 0.250. The summed E-state index contributed by atoms with van der Waals surface area (Å²) in [5, 5.41) is 1.38. The van der Waals surface area contributed by atoms with E-state index < -0.39 is 6.04 Å². The van der Waals surface area contributed by atoms with Crippen LogP contribution in [0.25, 0.3) is 33.6 Å². The van der Waals surface area contributed by atoms with Gasteiger partial charge in [0.05, 0.1) is 38.5 Å². The van der Waals surface area contributed by atoms with E-state index in [-0.39, 0.29) is 18.4 Å². The van der Waals surface area contributed by atoms with Crippen molar-refractivity contribution in [3.8, 4) is 33.6 Å². The number of hydrogen-bond acceptors (Lipinski definition) is 6. The molecule has 0 aliphatic heterocycles. The standard InChI is InChI=1S/C44H46ClN7O4/c1-4-24-50(40(54)26-31-12-8-6-9-13-31)28-38-46-27-37(47-38)34-20-16-32(17-21-34)33-18-22-35(23-19-33)41-43(45)49-39(48-41)29-51(25-5-2)44(55)42(52(30-53)56-3)36-14-10-7-11-15-36/h6-23,27,30,42H,4-5,24-26,28-29H2,1-3H3,(H,46,47)(H,48,49)/t42-/m1/s1. The second-order valence-corrected chi connectivity index (χ2v) is 13.8. The number of benzene rings is 4. The van der Waals surface area contributed by atoms with E-state index >= 15 is 0 Å². The second kappa shape index (κ2) is 19.0. The van der Waals surface area contributed by atoms with Crippen molar-refractivity contribution in [2.45, 2.75) is 52.2 Å². The van der Waals surface area contributed by atoms with Crippen LogP contribution in [0.4, 0.5) is 0 Å². The van der Waals surface area contributed by atoms with Crippen LogP contribution in [0.2, 0.25) is 5.15 Å². The van der Waals surface area contributed by atoms with Gasteiger partial charge >= 0.3 is 0 Å². The number of imidazole rings is 2. The van der Waals surface area contributed by atoms with Gasteiger partial charge in [0.15, 0.2) is 6.04 Å². The molecule has 6 aromatic rings. The fourth-order valence-electron chi connectivity index (χ4n) is 6.68. The Morgan fingerprint density at radius 2 is 1.32 bits per heavy atom. The Labute approximate surface area is 332 Å². The van der Waals surface area contributed by atoms with E-state index in [0.717, 1.165) is 50.8 Å². The van der Waals surface area contributed by atoms with Gasteiger partial charge in [-0.15, -0.1) is 0 Å². The molecule has 6 rings (SSSR count). The molecule has 0 aliphatic carbocycles. The molecular formula is C44H46ClN7O4. The van der Waals surface area contributed by atoms with Crippen molar-refractivity contribution in [2.75, 3.05) is 20.2 Å². The maximum Gasteiger partial charge on any atom is 0.253 e. The highest BCUT2D eigenvalue weighted by molar-refractivity contribution is 6.31. The van der Waals surface area contributed by atoms with Gasteiger partial charge in [-0.25, -0.2) is 15.0 Å². The molecule has 0 spiro atoms. The number of carbonyl (C=O) groups is 3. The molecule has 0 fully saturated rings. The normalized spacial score (nSPS) is 11.6. The van der Waals surface area contributed by atoms with E-state index in [1.165, 1.54) is 7.11 Å². The first-order chi connectivity index (χ1) is 27.3. The number of nitrogens with one attached hydrogen (secondary N) is 2. The van der Waals surface area contributed by atoms with Crippen molar-refractivity contribution in [1.29, 1.82) is 0 Å². The van der Waals surface area contributed by atoms with Crippen molar-refractivity contribution >= 4 is 29.8 Å². The molecule has 2 N–H and O–H groups in total. The number of amides is 3. The predicted octanol–water partition coefficient (Wildman–Crippen LogP) is 8.27. The quantitative estimate of drug-likeness (QED) is 0.0669. The Bertz CT molecular complexity index is 2190. The van der Waals surface area contributed by atoms with E-state index in [4.69, 9.17) is 21.4 Å². The minimum atomic E-state index is -0.961. The van der Waals surface area contributed by atoms with Gasteiger partial charge in [0.2, 0.25) is 12.3 Å². The lowest BCUT2D eigenvalue weighted by Crippen LogP contribution is -2.42. The highest BCUT2D eigenvalue weighted by Gasteiger charge is 2.32. The summed E-state index contributed by atoms with van der Waals surface area (Å²) >= 11 is 6.68. The molecule has 4 aromatic carbocycles. The largest absolute Gasteiger partial charge is 0.341 e. The maximum absolute atomic E-state index is 13.9. The van der Waals surface area contributed by atoms with Gasteiger partial charge in [-0.05, 0) is 40.7 Å². The number of halogens is 1. The van der Waals surface area contributed by atoms with Crippen LogP contribution < -0.4 is 0 Å². The zero-order valence-corrected chi connectivity index (χ0v) is 32.6. The molecule has 0 aliphatic rings. The van der Waals surface area contributed by atoms with E-state index in [2.05, 4.69) is 46.1 Å². The van der Waals surface area contributed by atoms with Crippen LogP contribution in [-0.4, -0.2) is 73.2 Å². The summed E-state index contributed by atoms with van der Waals surface area (Å²) in [5.41, 5.74) is 6.96. The van der Waals surface area contributed by atoms with Gasteiger partial charge in [0, 0.05) is 18.7 Å². The second-order valence-electron chi connectivity index (χ2n) is 13.4. The van der Waals surface area contributed by atoms with Crippen LogP contribution in [0.1, 0.15) is 55.5 Å². The molecule has 288 valence electrons. The summed E-state index contributed by atoms with van der Waals surface area (Å²) in [4.78, 5) is 63.6. The Balaban J connectivity index is 1.11. The Morgan fingerprint density at radius 1 is 0.750 bits per heavy atom. The molecule has 12 heteroatoms. The maximum atomic E-state index is 13.9. The van der Waals surface area contributed by atoms with Gasteiger partial charge in [-0.2, -0.15) is 0 Å². The summed E-state index contributed by atoms with van der Waals surface area (Å²) in [7, 11) is 1.36. The molecule has 3 amide bonds. The number of hydrogen-bond donors (Lipinski definition) is 2. The number of aromatic amines is 2. The predicted molar refractivity (Wildman–Crippen MR) is 218 cm³/mol. The van der Waals surface area contributed by atoms with E-state index in [0.29, 0.717) is 61.1 Å². The molecule has 0 saturated carbocycles. The van der Waals surface area contributed by atoms with Crippen LogP contribution in [0, 0.1) is 0 Å². The van der Waals surface area contributed by atoms with E-state index in [9.17, 15) is 14.4 Å². The molecule has 0 bridgehead atoms. The summed E-state index contributed by atoms with van der Waals surface area (Å²) in [6, 6.07) is 34.1. The zero-order valence-electron chi connectivity index (χ0n) is 31.8. The smallest absolute Gasteiger partial charge is 0.253 e. The SMILES string of the molecule is CCCN(Cc1ncc(-c2ccc(-c3ccc(-c4nc(CN(CCC)C(=O)[C@@H](c5ccccc5)N(C=O)OC)[nH]c4Cl)cc3)cc2)[nH]1)C(=O)Cc1ccccc1. The minimum Gasteiger partial charge on any atom is -0.341 e. The van der Waals surface area contributed by atoms with Crippen LogP contribution in [-0.2, 0) is 38.7 Å². The molecular weight excluding hydrogens is 726 g/mol. The van der Waals surface area contributed by atoms with E-state index in [1.54, 1.807) is 17.0 Å². The Morgan fingerprint density at radius 3 is 1.93 bits per heavy atom. The Kier molecular flexibility index (Phi) is 13.5. The first-order valence-corrected chi connectivity index (χ1v) is 19.1. The molecule has 0 radical (unpaired) electrons. The number of H-pyrrole nitrogens is 2. The topological polar surface area (TPSA) is 128 Å². The first-order valence-electron chi connectivity index (χ1n) is 18.7. The highest BCUT2D eigenvalue weighted by Crippen LogP contribution is 2.31. The van der Waals surface area contributed by atoms with Crippen LogP contribution in [0.3, 0.4) is 0 Å². The number of rotatable bonds is 18. The average Bonchev–Trinajstić information content (AvgIpc) is 3.86. The monoisotopic (exact) mass is 771 g/mol. The van der Waals surface area contributed by atoms with Gasteiger partial charge in [0.1, 0.15) is 22.5 Å². The third-order valence-electron chi connectivity index (χ3n) is 9.47. The van der Waals surface area contributed by atoms with Crippen molar-refractivity contribution in [3.05, 3.63) is 143 Å². The lowest BCUT2D eigenvalue weighted by molar-refractivity contribution is -0.184. The van der Waals surface area contributed by atoms with E-state index in [1.807, 2.05) is 90.8 Å². The van der Waals surface area contributed by atoms with Crippen molar-refractivity contribution in [3.63, 3.8) is 0 Å². The summed E-state index contributed by atoms with van der Waals surface area (Å²) in [6.07, 6.45) is 4.24. The number of aromatic nitrogens is 4. The summed E-state index contributed by atoms with van der Waals surface area (Å²) < 4.78 is 0. The summed E-state index contributed by atoms with van der Waals surface area (Å²) in [5.74, 6) is 1.04. The molecule has 0 saturated heterocycles. The van der Waals surface area contributed by atoms with Gasteiger partial charge in [-0.1, -0.05) is 135 Å². The van der Waals surface area contributed by atoms with Crippen molar-refractivity contribution in [2.24, 2.45) is 0 Å². The zero-order chi connectivity index (χ0) is 39.4. The summed E-state index contributed by atoms with van der Waals surface area (Å²) in [6.45, 7) is 5.74. The lowest BCUT2D eigenvalue weighted by Gasteiger charge is -2.31. The molecule has 2 heterocycles. The average molecular weight is 772 g/mol. The van der Waals surface area contributed by atoms with Gasteiger partial charge < -0.3 is 19.8 Å². The van der Waals surface area contributed by atoms with Crippen molar-refractivity contribution < 1.29 is 19.2 Å². The fourth-order valence-corrected chi connectivity index (χ4v) is 6.94. The minimum absolute atomic E-state index is 0.0793. The van der Waals surface area contributed by atoms with Crippen LogP contribution in [0.15, 0.2) is 115 Å². The number of hydroxylamine groups is 2. The van der Waals surface area contributed by atoms with Gasteiger partial charge in [0.25, 0.3) is 5.91 Å².